The lowest BCUT2D eigenvalue weighted by Crippen LogP contribution is -2.49. The number of nitrogens with one attached hydrogen (secondary N) is 2. The van der Waals surface area contributed by atoms with Gasteiger partial charge in [-0.2, -0.15) is 0 Å². The van der Waals surface area contributed by atoms with E-state index in [-0.39, 0.29) is 29.7 Å². The first-order chi connectivity index (χ1) is 13.1. The zero-order chi connectivity index (χ0) is 19.2. The summed E-state index contributed by atoms with van der Waals surface area (Å²) in [5, 5.41) is 16.9. The van der Waals surface area contributed by atoms with E-state index >= 15 is 0 Å². The second-order valence-corrected chi connectivity index (χ2v) is 7.23. The lowest BCUT2D eigenvalue weighted by Gasteiger charge is -2.33. The van der Waals surface area contributed by atoms with Gasteiger partial charge in [0.15, 0.2) is 17.5 Å². The van der Waals surface area contributed by atoms with E-state index in [0.717, 1.165) is 37.0 Å². The molecular formula is C20H33IN4O3. The van der Waals surface area contributed by atoms with Crippen LogP contribution in [0.5, 0.6) is 17.2 Å². The summed E-state index contributed by atoms with van der Waals surface area (Å²) in [5.41, 5.74) is 0.919. The standard InChI is InChI=1S/C20H32N4O3.HI/c1-4-21-20(23-15-7-9-24(10-8-15)16-5-6-16)22-13-14-11-17(26-2)19(25)18(12-14)27-3;/h11-12,15-16,25H,4-10,13H2,1-3H3,(H2,21,22,23);1H. The number of nitrogens with zero attached hydrogens (tertiary/aromatic N) is 2. The normalized spacial score (nSPS) is 18.3. The van der Waals surface area contributed by atoms with E-state index in [0.29, 0.717) is 24.1 Å². The van der Waals surface area contributed by atoms with Crippen molar-refractivity contribution in [3.05, 3.63) is 17.7 Å². The second-order valence-electron chi connectivity index (χ2n) is 7.23. The van der Waals surface area contributed by atoms with Crippen LogP contribution >= 0.6 is 24.0 Å². The molecule has 1 aromatic carbocycles. The summed E-state index contributed by atoms with van der Waals surface area (Å²) in [4.78, 5) is 7.34. The molecule has 0 spiro atoms. The number of aromatic hydroxyl groups is 1. The van der Waals surface area contributed by atoms with Gasteiger partial charge in [-0.15, -0.1) is 24.0 Å². The van der Waals surface area contributed by atoms with Gasteiger partial charge in [-0.1, -0.05) is 0 Å². The molecule has 28 heavy (non-hydrogen) atoms. The van der Waals surface area contributed by atoms with Gasteiger partial charge < -0.3 is 30.1 Å². The minimum absolute atomic E-state index is 0. The molecule has 1 aliphatic carbocycles. The number of hydrogen-bond donors (Lipinski definition) is 3. The van der Waals surface area contributed by atoms with Crippen molar-refractivity contribution in [1.29, 1.82) is 0 Å². The minimum Gasteiger partial charge on any atom is -0.502 e. The Labute approximate surface area is 184 Å². The third-order valence-electron chi connectivity index (χ3n) is 5.24. The van der Waals surface area contributed by atoms with E-state index in [1.165, 1.54) is 40.2 Å². The van der Waals surface area contributed by atoms with Crippen LogP contribution < -0.4 is 20.1 Å². The molecule has 2 fully saturated rings. The van der Waals surface area contributed by atoms with Gasteiger partial charge in [0, 0.05) is 31.7 Å². The molecule has 0 radical (unpaired) electrons. The zero-order valence-corrected chi connectivity index (χ0v) is 19.4. The first-order valence-electron chi connectivity index (χ1n) is 9.87. The van der Waals surface area contributed by atoms with Gasteiger partial charge in [-0.3, -0.25) is 0 Å². The summed E-state index contributed by atoms with van der Waals surface area (Å²) in [7, 11) is 3.06. The number of piperidine rings is 1. The van der Waals surface area contributed by atoms with Gasteiger partial charge in [0.1, 0.15) is 0 Å². The molecule has 8 heteroatoms. The Hall–Kier alpha value is -1.42. The van der Waals surface area contributed by atoms with Crippen LogP contribution in [0.3, 0.4) is 0 Å². The number of hydrogen-bond acceptors (Lipinski definition) is 5. The number of aliphatic imine (C=N–C) groups is 1. The van der Waals surface area contributed by atoms with Gasteiger partial charge in [-0.25, -0.2) is 4.99 Å². The van der Waals surface area contributed by atoms with E-state index in [2.05, 4.69) is 22.5 Å². The van der Waals surface area contributed by atoms with Gasteiger partial charge in [0.25, 0.3) is 0 Å². The highest BCUT2D eigenvalue weighted by Gasteiger charge is 2.31. The number of benzene rings is 1. The lowest BCUT2D eigenvalue weighted by atomic mass is 10.1. The Morgan fingerprint density at radius 3 is 2.25 bits per heavy atom. The van der Waals surface area contributed by atoms with Gasteiger partial charge in [-0.05, 0) is 50.3 Å². The van der Waals surface area contributed by atoms with Crippen molar-refractivity contribution < 1.29 is 14.6 Å². The van der Waals surface area contributed by atoms with E-state index in [9.17, 15) is 5.11 Å². The summed E-state index contributed by atoms with van der Waals surface area (Å²) in [5.74, 6) is 1.63. The van der Waals surface area contributed by atoms with E-state index in [1.54, 1.807) is 12.1 Å². The van der Waals surface area contributed by atoms with Crippen molar-refractivity contribution in [2.24, 2.45) is 4.99 Å². The predicted octanol–water partition coefficient (Wildman–Crippen LogP) is 2.71. The number of halogens is 1. The van der Waals surface area contributed by atoms with Crippen LogP contribution in [0.1, 0.15) is 38.2 Å². The number of ether oxygens (including phenoxy) is 2. The second kappa shape index (κ2) is 10.9. The molecule has 0 aromatic heterocycles. The molecule has 158 valence electrons. The van der Waals surface area contributed by atoms with Crippen LogP contribution in [0.2, 0.25) is 0 Å². The van der Waals surface area contributed by atoms with Crippen molar-refractivity contribution in [3.8, 4) is 17.2 Å². The topological polar surface area (TPSA) is 78.4 Å². The SMILES string of the molecule is CCNC(=NCc1cc(OC)c(O)c(OC)c1)NC1CCN(C2CC2)CC1.I. The van der Waals surface area contributed by atoms with Crippen molar-refractivity contribution in [2.75, 3.05) is 33.9 Å². The summed E-state index contributed by atoms with van der Waals surface area (Å²) < 4.78 is 10.4. The van der Waals surface area contributed by atoms with Crippen LogP contribution in [0.4, 0.5) is 0 Å². The molecule has 0 atom stereocenters. The smallest absolute Gasteiger partial charge is 0.200 e. The molecule has 0 amide bonds. The number of likely N-dealkylation sites (tertiary alicyclic amines) is 1. The van der Waals surface area contributed by atoms with Crippen molar-refractivity contribution in [3.63, 3.8) is 0 Å². The van der Waals surface area contributed by atoms with Crippen molar-refractivity contribution in [2.45, 2.75) is 51.2 Å². The van der Waals surface area contributed by atoms with Crippen LogP contribution in [-0.2, 0) is 6.54 Å². The Morgan fingerprint density at radius 2 is 1.75 bits per heavy atom. The Kier molecular flexibility index (Phi) is 8.94. The largest absolute Gasteiger partial charge is 0.502 e. The molecule has 3 N–H and O–H groups in total. The monoisotopic (exact) mass is 504 g/mol. The number of methoxy groups -OCH3 is 2. The molecule has 1 saturated carbocycles. The van der Waals surface area contributed by atoms with E-state index in [4.69, 9.17) is 14.5 Å². The fourth-order valence-corrected chi connectivity index (χ4v) is 3.57. The Morgan fingerprint density at radius 1 is 1.14 bits per heavy atom. The molecule has 1 saturated heterocycles. The Bertz CT molecular complexity index is 634. The van der Waals surface area contributed by atoms with Gasteiger partial charge >= 0.3 is 0 Å². The summed E-state index contributed by atoms with van der Waals surface area (Å²) in [6.07, 6.45) is 5.06. The predicted molar refractivity (Wildman–Crippen MR) is 122 cm³/mol. The fraction of sp³-hybridized carbons (Fsp3) is 0.650. The van der Waals surface area contributed by atoms with E-state index < -0.39 is 0 Å². The molecule has 7 nitrogen and oxygen atoms in total. The molecule has 1 aliphatic heterocycles. The lowest BCUT2D eigenvalue weighted by molar-refractivity contribution is 0.197. The molecule has 3 rings (SSSR count). The number of rotatable bonds is 7. The highest BCUT2D eigenvalue weighted by molar-refractivity contribution is 14.0. The van der Waals surface area contributed by atoms with Crippen molar-refractivity contribution >= 4 is 29.9 Å². The zero-order valence-electron chi connectivity index (χ0n) is 17.0. The van der Waals surface area contributed by atoms with Crippen molar-refractivity contribution in [1.82, 2.24) is 15.5 Å². The minimum atomic E-state index is 0. The maximum absolute atomic E-state index is 10.0. The number of guanidine groups is 1. The summed E-state index contributed by atoms with van der Waals surface area (Å²) >= 11 is 0. The molecule has 0 unspecified atom stereocenters. The highest BCUT2D eigenvalue weighted by atomic mass is 127. The van der Waals surface area contributed by atoms with Crippen LogP contribution in [0.15, 0.2) is 17.1 Å². The molecule has 0 bridgehead atoms. The highest BCUT2D eigenvalue weighted by Crippen LogP contribution is 2.37. The third-order valence-corrected chi connectivity index (χ3v) is 5.24. The molecular weight excluding hydrogens is 471 g/mol. The van der Waals surface area contributed by atoms with Gasteiger partial charge in [0.05, 0.1) is 20.8 Å². The van der Waals surface area contributed by atoms with Crippen LogP contribution in [0, 0.1) is 0 Å². The first-order valence-corrected chi connectivity index (χ1v) is 9.87. The summed E-state index contributed by atoms with van der Waals surface area (Å²) in [6, 6.07) is 4.90. The maximum atomic E-state index is 10.0. The fourth-order valence-electron chi connectivity index (χ4n) is 3.57. The maximum Gasteiger partial charge on any atom is 0.200 e. The quantitative estimate of drug-likeness (QED) is 0.301. The van der Waals surface area contributed by atoms with E-state index in [1.807, 2.05) is 0 Å². The third kappa shape index (κ3) is 6.04. The van der Waals surface area contributed by atoms with Crippen LogP contribution in [0.25, 0.3) is 0 Å². The number of phenols is 1. The Balaban J connectivity index is 0.00000280. The first kappa shape index (κ1) is 22.9. The summed E-state index contributed by atoms with van der Waals surface area (Å²) in [6.45, 7) is 5.71. The molecule has 2 aliphatic rings. The molecule has 1 heterocycles. The molecule has 1 aromatic rings. The average molecular weight is 504 g/mol. The number of phenolic OH excluding ortho intramolecular Hbond substituents is 1. The van der Waals surface area contributed by atoms with Gasteiger partial charge in [0.2, 0.25) is 5.75 Å². The van der Waals surface area contributed by atoms with Crippen LogP contribution in [-0.4, -0.2) is 61.9 Å². The average Bonchev–Trinajstić information content (AvgIpc) is 3.53.